The third-order valence-corrected chi connectivity index (χ3v) is 7.78. The molecule has 31 heavy (non-hydrogen) atoms. The van der Waals surface area contributed by atoms with Crippen LogP contribution in [0.4, 0.5) is 0 Å². The van der Waals surface area contributed by atoms with E-state index in [-0.39, 0.29) is 23.3 Å². The molecular formula is C23H21N3O2S3. The van der Waals surface area contributed by atoms with Crippen molar-refractivity contribution in [2.24, 2.45) is 0 Å². The van der Waals surface area contributed by atoms with E-state index in [9.17, 15) is 9.59 Å². The lowest BCUT2D eigenvalue weighted by atomic mass is 10.2. The molecule has 1 unspecified atom stereocenters. The van der Waals surface area contributed by atoms with Crippen molar-refractivity contribution < 1.29 is 4.79 Å². The SMILES string of the molecule is C=CCn1c(SCC(=O)NC(C)c2cccs2)nc2sc(-c3ccccc3)cc2c1=O. The van der Waals surface area contributed by atoms with Gasteiger partial charge in [-0.15, -0.1) is 29.3 Å². The minimum atomic E-state index is -0.113. The first kappa shape index (κ1) is 21.5. The smallest absolute Gasteiger partial charge is 0.263 e. The maximum atomic E-state index is 13.1. The standard InChI is InChI=1S/C23H21N3O2S3/c1-3-11-26-22(28)17-13-19(16-8-5-4-6-9-16)31-21(17)25-23(26)30-14-20(27)24-15(2)18-10-7-12-29-18/h3-10,12-13,15H,1,11,14H2,2H3,(H,24,27). The Kier molecular flexibility index (Phi) is 6.70. The number of benzene rings is 1. The molecule has 0 aliphatic carbocycles. The average molecular weight is 468 g/mol. The van der Waals surface area contributed by atoms with Gasteiger partial charge in [0.15, 0.2) is 5.16 Å². The highest BCUT2D eigenvalue weighted by atomic mass is 32.2. The molecule has 158 valence electrons. The molecule has 0 saturated carbocycles. The minimum absolute atomic E-state index is 0.0513. The highest BCUT2D eigenvalue weighted by Crippen LogP contribution is 2.32. The van der Waals surface area contributed by atoms with E-state index in [4.69, 9.17) is 4.98 Å². The number of rotatable bonds is 8. The first-order chi connectivity index (χ1) is 15.1. The van der Waals surface area contributed by atoms with Crippen LogP contribution in [0.2, 0.25) is 0 Å². The van der Waals surface area contributed by atoms with Crippen molar-refractivity contribution >= 4 is 50.6 Å². The first-order valence-corrected chi connectivity index (χ1v) is 12.4. The lowest BCUT2D eigenvalue weighted by molar-refractivity contribution is -0.119. The lowest BCUT2D eigenvalue weighted by Crippen LogP contribution is -2.28. The number of hydrogen-bond acceptors (Lipinski definition) is 6. The van der Waals surface area contributed by atoms with Gasteiger partial charge in [0, 0.05) is 16.3 Å². The number of hydrogen-bond donors (Lipinski definition) is 1. The molecule has 0 bridgehead atoms. The predicted octanol–water partition coefficient (Wildman–Crippen LogP) is 5.34. The summed E-state index contributed by atoms with van der Waals surface area (Å²) in [6, 6.07) is 15.8. The van der Waals surface area contributed by atoms with Gasteiger partial charge in [-0.1, -0.05) is 54.2 Å². The van der Waals surface area contributed by atoms with Gasteiger partial charge in [0.25, 0.3) is 5.56 Å². The molecule has 1 N–H and O–H groups in total. The molecule has 0 aliphatic rings. The number of carbonyl (C=O) groups excluding carboxylic acids is 1. The van der Waals surface area contributed by atoms with Gasteiger partial charge >= 0.3 is 0 Å². The molecule has 0 fully saturated rings. The Morgan fingerprint density at radius 1 is 1.29 bits per heavy atom. The zero-order chi connectivity index (χ0) is 21.8. The van der Waals surface area contributed by atoms with Crippen LogP contribution < -0.4 is 10.9 Å². The number of thiophene rings is 2. The summed E-state index contributed by atoms with van der Waals surface area (Å²) in [6.45, 7) is 6.06. The van der Waals surface area contributed by atoms with Gasteiger partial charge in [0.1, 0.15) is 4.83 Å². The van der Waals surface area contributed by atoms with Gasteiger partial charge in [-0.05, 0) is 30.0 Å². The predicted molar refractivity (Wildman–Crippen MR) is 131 cm³/mol. The van der Waals surface area contributed by atoms with Crippen molar-refractivity contribution in [3.63, 3.8) is 0 Å². The summed E-state index contributed by atoms with van der Waals surface area (Å²) in [5.41, 5.74) is 0.939. The van der Waals surface area contributed by atoms with Gasteiger partial charge in [-0.25, -0.2) is 4.98 Å². The Balaban J connectivity index is 1.58. The normalized spacial score (nSPS) is 12.0. The molecule has 0 spiro atoms. The summed E-state index contributed by atoms with van der Waals surface area (Å²) in [4.78, 5) is 33.1. The van der Waals surface area contributed by atoms with E-state index in [0.29, 0.717) is 21.9 Å². The van der Waals surface area contributed by atoms with E-state index in [0.717, 1.165) is 15.3 Å². The van der Waals surface area contributed by atoms with Crippen LogP contribution in [0.1, 0.15) is 17.8 Å². The van der Waals surface area contributed by atoms with Gasteiger partial charge in [0.05, 0.1) is 17.2 Å². The van der Waals surface area contributed by atoms with Crippen molar-refractivity contribution in [1.82, 2.24) is 14.9 Å². The summed E-state index contributed by atoms with van der Waals surface area (Å²) < 4.78 is 1.58. The summed E-state index contributed by atoms with van der Waals surface area (Å²) in [5, 5.41) is 6.10. The van der Waals surface area contributed by atoms with Crippen LogP contribution in [-0.4, -0.2) is 21.2 Å². The second-order valence-corrected chi connectivity index (χ2v) is 9.84. The Bertz CT molecular complexity index is 1260. The third-order valence-electron chi connectivity index (χ3n) is 4.67. The number of carbonyl (C=O) groups is 1. The Labute approximate surface area is 192 Å². The monoisotopic (exact) mass is 467 g/mol. The first-order valence-electron chi connectivity index (χ1n) is 9.73. The molecule has 4 rings (SSSR count). The topological polar surface area (TPSA) is 64.0 Å². The van der Waals surface area contributed by atoms with Gasteiger partial charge in [0.2, 0.25) is 5.91 Å². The van der Waals surface area contributed by atoms with E-state index in [1.54, 1.807) is 22.0 Å². The van der Waals surface area contributed by atoms with Crippen molar-refractivity contribution in [2.75, 3.05) is 5.75 Å². The number of nitrogens with zero attached hydrogens (tertiary/aromatic N) is 2. The number of allylic oxidation sites excluding steroid dienone is 1. The van der Waals surface area contributed by atoms with Crippen molar-refractivity contribution in [1.29, 1.82) is 0 Å². The molecule has 3 aromatic heterocycles. The number of aromatic nitrogens is 2. The molecule has 5 nitrogen and oxygen atoms in total. The van der Waals surface area contributed by atoms with Crippen LogP contribution in [0, 0.1) is 0 Å². The molecule has 0 saturated heterocycles. The fourth-order valence-electron chi connectivity index (χ4n) is 3.16. The molecule has 3 heterocycles. The Morgan fingerprint density at radius 3 is 2.81 bits per heavy atom. The summed E-state index contributed by atoms with van der Waals surface area (Å²) in [5.74, 6) is 0.0865. The number of nitrogens with one attached hydrogen (secondary N) is 1. The zero-order valence-corrected chi connectivity index (χ0v) is 19.4. The molecular weight excluding hydrogens is 446 g/mol. The molecule has 4 aromatic rings. The van der Waals surface area contributed by atoms with Crippen LogP contribution >= 0.6 is 34.4 Å². The zero-order valence-electron chi connectivity index (χ0n) is 16.9. The highest BCUT2D eigenvalue weighted by molar-refractivity contribution is 7.99. The second-order valence-electron chi connectivity index (χ2n) is 6.89. The maximum absolute atomic E-state index is 13.1. The summed E-state index contributed by atoms with van der Waals surface area (Å²) in [7, 11) is 0. The van der Waals surface area contributed by atoms with E-state index in [1.807, 2.05) is 60.8 Å². The summed E-state index contributed by atoms with van der Waals surface area (Å²) >= 11 is 4.37. The molecule has 0 radical (unpaired) electrons. The van der Waals surface area contributed by atoms with Crippen molar-refractivity contribution in [2.45, 2.75) is 24.7 Å². The van der Waals surface area contributed by atoms with Crippen LogP contribution in [0.15, 0.2) is 76.5 Å². The fourth-order valence-corrected chi connectivity index (χ4v) is 5.80. The minimum Gasteiger partial charge on any atom is -0.348 e. The van der Waals surface area contributed by atoms with Crippen LogP contribution in [0.25, 0.3) is 20.7 Å². The maximum Gasteiger partial charge on any atom is 0.263 e. The van der Waals surface area contributed by atoms with E-state index in [2.05, 4.69) is 11.9 Å². The van der Waals surface area contributed by atoms with Crippen LogP contribution in [-0.2, 0) is 11.3 Å². The quantitative estimate of drug-likeness (QED) is 0.216. The average Bonchev–Trinajstić information content (AvgIpc) is 3.45. The Hall–Kier alpha value is -2.68. The fraction of sp³-hybridized carbons (Fsp3) is 0.174. The van der Waals surface area contributed by atoms with Crippen molar-refractivity contribution in [3.8, 4) is 10.4 Å². The number of amides is 1. The van der Waals surface area contributed by atoms with Gasteiger partial charge in [-0.2, -0.15) is 0 Å². The van der Waals surface area contributed by atoms with Gasteiger partial charge < -0.3 is 5.32 Å². The van der Waals surface area contributed by atoms with Crippen LogP contribution in [0.3, 0.4) is 0 Å². The molecule has 1 aromatic carbocycles. The van der Waals surface area contributed by atoms with Crippen LogP contribution in [0.5, 0.6) is 0 Å². The number of thioether (sulfide) groups is 1. The second kappa shape index (κ2) is 9.64. The lowest BCUT2D eigenvalue weighted by Gasteiger charge is -2.13. The van der Waals surface area contributed by atoms with Crippen molar-refractivity contribution in [3.05, 3.63) is 81.8 Å². The molecule has 1 atom stereocenters. The molecule has 0 aliphatic heterocycles. The molecule has 1 amide bonds. The van der Waals surface area contributed by atoms with Gasteiger partial charge in [-0.3, -0.25) is 14.2 Å². The Morgan fingerprint density at radius 2 is 2.10 bits per heavy atom. The third kappa shape index (κ3) is 4.81. The molecule has 8 heteroatoms. The van der Waals surface area contributed by atoms with E-state index >= 15 is 0 Å². The van der Waals surface area contributed by atoms with E-state index in [1.165, 1.54) is 23.1 Å². The highest BCUT2D eigenvalue weighted by Gasteiger charge is 2.17. The van der Waals surface area contributed by atoms with E-state index < -0.39 is 0 Å². The summed E-state index contributed by atoms with van der Waals surface area (Å²) in [6.07, 6.45) is 1.67. The number of fused-ring (bicyclic) bond motifs is 1. The largest absolute Gasteiger partial charge is 0.348 e.